The van der Waals surface area contributed by atoms with Crippen molar-refractivity contribution in [1.82, 2.24) is 15.6 Å². The molecule has 2 aliphatic rings. The van der Waals surface area contributed by atoms with Crippen molar-refractivity contribution in [2.45, 2.75) is 44.3 Å². The van der Waals surface area contributed by atoms with Crippen molar-refractivity contribution >= 4 is 11.8 Å². The first-order valence-electron chi connectivity index (χ1n) is 9.69. The van der Waals surface area contributed by atoms with Gasteiger partial charge in [0, 0.05) is 37.9 Å². The standard InChI is InChI=1S/C21H27N5O/c22-21(9-3-10-21)15-25-20(27)24-13-16-6-7-19(23-12-16)26-11-8-17-4-1-2-5-18(17)14-26/h1-2,4-7,12H,3,8-11,13-15,22H2,(H2,24,25,27). The molecule has 1 saturated carbocycles. The quantitative estimate of drug-likeness (QED) is 0.759. The summed E-state index contributed by atoms with van der Waals surface area (Å²) in [6, 6.07) is 12.5. The Bertz CT molecular complexity index is 800. The number of fused-ring (bicyclic) bond motifs is 1. The first-order chi connectivity index (χ1) is 13.1. The summed E-state index contributed by atoms with van der Waals surface area (Å²) >= 11 is 0. The highest BCUT2D eigenvalue weighted by Crippen LogP contribution is 2.28. The number of nitrogens with one attached hydrogen (secondary N) is 2. The SMILES string of the molecule is NC1(CNC(=O)NCc2ccc(N3CCc4ccccc4C3)nc2)CCC1. The summed E-state index contributed by atoms with van der Waals surface area (Å²) < 4.78 is 0. The van der Waals surface area contributed by atoms with Gasteiger partial charge in [-0.25, -0.2) is 9.78 Å². The molecule has 1 aromatic heterocycles. The third-order valence-corrected chi connectivity index (χ3v) is 5.67. The minimum absolute atomic E-state index is 0.177. The maximum absolute atomic E-state index is 11.9. The molecule has 6 nitrogen and oxygen atoms in total. The molecule has 6 heteroatoms. The normalized spacial score (nSPS) is 17.6. The van der Waals surface area contributed by atoms with Gasteiger partial charge in [-0.05, 0) is 48.4 Å². The van der Waals surface area contributed by atoms with Crippen LogP contribution in [0, 0.1) is 0 Å². The smallest absolute Gasteiger partial charge is 0.315 e. The lowest BCUT2D eigenvalue weighted by atomic mass is 9.78. The van der Waals surface area contributed by atoms with E-state index >= 15 is 0 Å². The highest BCUT2D eigenvalue weighted by molar-refractivity contribution is 5.73. The molecule has 0 saturated heterocycles. The molecule has 4 rings (SSSR count). The first kappa shape index (κ1) is 17.8. The number of pyridine rings is 1. The van der Waals surface area contributed by atoms with E-state index in [0.29, 0.717) is 13.1 Å². The second-order valence-electron chi connectivity index (χ2n) is 7.72. The van der Waals surface area contributed by atoms with Crippen LogP contribution in [0.15, 0.2) is 42.6 Å². The fourth-order valence-electron chi connectivity index (χ4n) is 3.71. The van der Waals surface area contributed by atoms with Crippen molar-refractivity contribution < 1.29 is 4.79 Å². The fraction of sp³-hybridized carbons (Fsp3) is 0.429. The molecule has 1 aliphatic carbocycles. The van der Waals surface area contributed by atoms with Gasteiger partial charge < -0.3 is 21.3 Å². The average Bonchev–Trinajstić information content (AvgIpc) is 2.69. The molecule has 0 bridgehead atoms. The summed E-state index contributed by atoms with van der Waals surface area (Å²) in [7, 11) is 0. The van der Waals surface area contributed by atoms with Crippen LogP contribution in [0.25, 0.3) is 0 Å². The van der Waals surface area contributed by atoms with Crippen molar-refractivity contribution in [2.24, 2.45) is 5.73 Å². The van der Waals surface area contributed by atoms with Gasteiger partial charge in [-0.1, -0.05) is 30.3 Å². The van der Waals surface area contributed by atoms with E-state index in [1.54, 1.807) is 0 Å². The van der Waals surface area contributed by atoms with E-state index in [0.717, 1.165) is 50.2 Å². The van der Waals surface area contributed by atoms with Crippen LogP contribution < -0.4 is 21.3 Å². The first-order valence-corrected chi connectivity index (χ1v) is 9.69. The Hall–Kier alpha value is -2.60. The van der Waals surface area contributed by atoms with Crippen molar-refractivity contribution in [3.63, 3.8) is 0 Å². The largest absolute Gasteiger partial charge is 0.352 e. The monoisotopic (exact) mass is 365 g/mol. The number of hydrogen-bond acceptors (Lipinski definition) is 4. The molecule has 0 unspecified atom stereocenters. The maximum atomic E-state index is 11.9. The molecule has 4 N–H and O–H groups in total. The summed E-state index contributed by atoms with van der Waals surface area (Å²) in [5.41, 5.74) is 9.71. The van der Waals surface area contributed by atoms with E-state index in [1.807, 2.05) is 18.3 Å². The van der Waals surface area contributed by atoms with Gasteiger partial charge in [0.1, 0.15) is 5.82 Å². The van der Waals surface area contributed by atoms with Crippen LogP contribution in [0.5, 0.6) is 0 Å². The van der Waals surface area contributed by atoms with E-state index in [1.165, 1.54) is 11.1 Å². The van der Waals surface area contributed by atoms with E-state index < -0.39 is 0 Å². The number of carbonyl (C=O) groups excluding carboxylic acids is 1. The topological polar surface area (TPSA) is 83.3 Å². The van der Waals surface area contributed by atoms with Crippen molar-refractivity contribution in [3.05, 3.63) is 59.3 Å². The number of hydrogen-bond donors (Lipinski definition) is 3. The lowest BCUT2D eigenvalue weighted by Crippen LogP contribution is -2.56. The second kappa shape index (κ2) is 7.56. The Morgan fingerprint density at radius 1 is 1.15 bits per heavy atom. The number of urea groups is 1. The molecule has 1 aromatic carbocycles. The molecular weight excluding hydrogens is 338 g/mol. The van der Waals surface area contributed by atoms with Gasteiger partial charge in [0.05, 0.1) is 0 Å². The highest BCUT2D eigenvalue weighted by atomic mass is 16.2. The summed E-state index contributed by atoms with van der Waals surface area (Å²) in [5, 5.41) is 5.74. The van der Waals surface area contributed by atoms with Crippen LogP contribution in [0.4, 0.5) is 10.6 Å². The zero-order chi connectivity index (χ0) is 18.7. The number of aromatic nitrogens is 1. The van der Waals surface area contributed by atoms with Crippen molar-refractivity contribution in [1.29, 1.82) is 0 Å². The summed E-state index contributed by atoms with van der Waals surface area (Å²) in [6.45, 7) is 2.86. The Balaban J connectivity index is 1.27. The predicted octanol–water partition coefficient (Wildman–Crippen LogP) is 2.32. The molecule has 27 heavy (non-hydrogen) atoms. The molecule has 1 fully saturated rings. The number of carbonyl (C=O) groups is 1. The van der Waals surface area contributed by atoms with E-state index in [4.69, 9.17) is 5.73 Å². The van der Waals surface area contributed by atoms with Gasteiger partial charge in [0.25, 0.3) is 0 Å². The Kier molecular flexibility index (Phi) is 4.99. The fourth-order valence-corrected chi connectivity index (χ4v) is 3.71. The third-order valence-electron chi connectivity index (χ3n) is 5.67. The van der Waals surface area contributed by atoms with Gasteiger partial charge in [-0.3, -0.25) is 0 Å². The number of benzene rings is 1. The molecule has 1 aliphatic heterocycles. The summed E-state index contributed by atoms with van der Waals surface area (Å²) in [4.78, 5) is 18.8. The number of nitrogens with zero attached hydrogens (tertiary/aromatic N) is 2. The van der Waals surface area contributed by atoms with Gasteiger partial charge in [-0.2, -0.15) is 0 Å². The molecule has 0 atom stereocenters. The van der Waals surface area contributed by atoms with Crippen LogP contribution >= 0.6 is 0 Å². The molecule has 142 valence electrons. The van der Waals surface area contributed by atoms with Crippen LogP contribution in [0.1, 0.15) is 36.0 Å². The minimum Gasteiger partial charge on any atom is -0.352 e. The lowest BCUT2D eigenvalue weighted by molar-refractivity contribution is 0.217. The second-order valence-corrected chi connectivity index (χ2v) is 7.72. The number of rotatable bonds is 5. The average molecular weight is 365 g/mol. The molecule has 2 aromatic rings. The van der Waals surface area contributed by atoms with E-state index in [2.05, 4.69) is 44.8 Å². The van der Waals surface area contributed by atoms with Crippen LogP contribution in [0.3, 0.4) is 0 Å². The Morgan fingerprint density at radius 2 is 1.96 bits per heavy atom. The van der Waals surface area contributed by atoms with E-state index in [-0.39, 0.29) is 11.6 Å². The van der Waals surface area contributed by atoms with Crippen molar-refractivity contribution in [2.75, 3.05) is 18.0 Å². The van der Waals surface area contributed by atoms with Gasteiger partial charge in [0.2, 0.25) is 0 Å². The van der Waals surface area contributed by atoms with Gasteiger partial charge in [0.15, 0.2) is 0 Å². The zero-order valence-corrected chi connectivity index (χ0v) is 15.6. The van der Waals surface area contributed by atoms with E-state index in [9.17, 15) is 4.79 Å². The number of amides is 2. The number of anilines is 1. The van der Waals surface area contributed by atoms with Crippen molar-refractivity contribution in [3.8, 4) is 0 Å². The van der Waals surface area contributed by atoms with Crippen LogP contribution in [-0.4, -0.2) is 29.6 Å². The zero-order valence-electron chi connectivity index (χ0n) is 15.6. The maximum Gasteiger partial charge on any atom is 0.315 e. The van der Waals surface area contributed by atoms with Gasteiger partial charge in [-0.15, -0.1) is 0 Å². The third kappa shape index (κ3) is 4.22. The molecule has 2 amide bonds. The minimum atomic E-state index is -0.201. The molecule has 0 radical (unpaired) electrons. The highest BCUT2D eigenvalue weighted by Gasteiger charge is 2.32. The Morgan fingerprint density at radius 3 is 2.67 bits per heavy atom. The predicted molar refractivity (Wildman–Crippen MR) is 106 cm³/mol. The van der Waals surface area contributed by atoms with Crippen LogP contribution in [-0.2, 0) is 19.5 Å². The molecule has 2 heterocycles. The summed E-state index contributed by atoms with van der Waals surface area (Å²) in [6.07, 6.45) is 6.01. The van der Waals surface area contributed by atoms with Gasteiger partial charge >= 0.3 is 6.03 Å². The molecule has 0 spiro atoms. The number of nitrogens with two attached hydrogens (primary N) is 1. The Labute approximate surface area is 160 Å². The summed E-state index contributed by atoms with van der Waals surface area (Å²) in [5.74, 6) is 0.979. The molecular formula is C21H27N5O. The van der Waals surface area contributed by atoms with Crippen LogP contribution in [0.2, 0.25) is 0 Å². The lowest BCUT2D eigenvalue weighted by Gasteiger charge is -2.38.